The van der Waals surface area contributed by atoms with Gasteiger partial charge in [0.2, 0.25) is 0 Å². The topological polar surface area (TPSA) is 109 Å². The predicted octanol–water partition coefficient (Wildman–Crippen LogP) is 3.68. The van der Waals surface area contributed by atoms with Crippen LogP contribution < -0.4 is 14.8 Å². The third kappa shape index (κ3) is 3.67. The van der Waals surface area contributed by atoms with Crippen LogP contribution >= 0.6 is 0 Å². The number of hydrogen-bond acceptors (Lipinski definition) is 7. The van der Waals surface area contributed by atoms with Crippen LogP contribution in [0.15, 0.2) is 65.9 Å². The first-order valence-corrected chi connectivity index (χ1v) is 10.0. The summed E-state index contributed by atoms with van der Waals surface area (Å²) in [5, 5.41) is 10.6. The van der Waals surface area contributed by atoms with E-state index in [9.17, 15) is 4.79 Å². The van der Waals surface area contributed by atoms with E-state index in [1.165, 1.54) is 20.5 Å². The fraction of sp³-hybridized carbons (Fsp3) is 0.130. The highest BCUT2D eigenvalue weighted by molar-refractivity contribution is 6.08. The van der Waals surface area contributed by atoms with Gasteiger partial charge < -0.3 is 19.3 Å². The van der Waals surface area contributed by atoms with Crippen LogP contribution in [0.1, 0.15) is 10.4 Å². The van der Waals surface area contributed by atoms with E-state index in [0.29, 0.717) is 17.3 Å². The molecule has 10 nitrogen and oxygen atoms in total. The molecule has 0 fully saturated rings. The summed E-state index contributed by atoms with van der Waals surface area (Å²) in [7, 11) is 4.88. The molecule has 0 aliphatic heterocycles. The van der Waals surface area contributed by atoms with E-state index in [2.05, 4.69) is 20.6 Å². The Labute approximate surface area is 188 Å². The summed E-state index contributed by atoms with van der Waals surface area (Å²) >= 11 is 0. The third-order valence-electron chi connectivity index (χ3n) is 5.26. The predicted molar refractivity (Wildman–Crippen MR) is 121 cm³/mol. The van der Waals surface area contributed by atoms with Crippen molar-refractivity contribution in [2.24, 2.45) is 7.05 Å². The molecule has 2 aromatic carbocycles. The Morgan fingerprint density at radius 1 is 1.06 bits per heavy atom. The molecule has 3 heterocycles. The molecule has 5 aromatic rings. The number of hydrogen-bond donors (Lipinski definition) is 1. The molecular weight excluding hydrogens is 424 g/mol. The second kappa shape index (κ2) is 8.15. The van der Waals surface area contributed by atoms with Crippen molar-refractivity contribution in [2.75, 3.05) is 19.5 Å². The summed E-state index contributed by atoms with van der Waals surface area (Å²) in [6, 6.07) is 11.1. The quantitative estimate of drug-likeness (QED) is 0.425. The van der Waals surface area contributed by atoms with Crippen LogP contribution in [0.25, 0.3) is 27.8 Å². The molecule has 33 heavy (non-hydrogen) atoms. The normalized spacial score (nSPS) is 11.0. The van der Waals surface area contributed by atoms with Gasteiger partial charge in [0.15, 0.2) is 5.82 Å². The van der Waals surface area contributed by atoms with Crippen molar-refractivity contribution >= 4 is 22.8 Å². The molecule has 0 saturated carbocycles. The number of amides is 1. The summed E-state index contributed by atoms with van der Waals surface area (Å²) < 4.78 is 19.5. The molecular formula is C23H20N6O4. The van der Waals surface area contributed by atoms with Crippen LogP contribution in [0.2, 0.25) is 0 Å². The lowest BCUT2D eigenvalue weighted by atomic mass is 10.1. The summed E-state index contributed by atoms with van der Waals surface area (Å²) in [4.78, 5) is 17.4. The first-order valence-electron chi connectivity index (χ1n) is 10.0. The molecule has 3 aromatic heterocycles. The minimum Gasteiger partial charge on any atom is -0.496 e. The number of nitrogens with one attached hydrogen (secondary N) is 1. The van der Waals surface area contributed by atoms with Crippen molar-refractivity contribution in [2.45, 2.75) is 0 Å². The number of anilines is 1. The minimum atomic E-state index is -0.430. The summed E-state index contributed by atoms with van der Waals surface area (Å²) in [6.45, 7) is 0. The van der Waals surface area contributed by atoms with Gasteiger partial charge >= 0.3 is 0 Å². The van der Waals surface area contributed by atoms with Crippen molar-refractivity contribution in [3.05, 3.63) is 66.9 Å². The third-order valence-corrected chi connectivity index (χ3v) is 5.26. The summed E-state index contributed by atoms with van der Waals surface area (Å²) in [5.74, 6) is 0.553. The average Bonchev–Trinajstić information content (AvgIpc) is 3.58. The van der Waals surface area contributed by atoms with E-state index < -0.39 is 5.91 Å². The van der Waals surface area contributed by atoms with Crippen molar-refractivity contribution in [3.8, 4) is 28.3 Å². The SMILES string of the molecule is COc1cc(-n2cnc3cc(-c4cnn(C)c4)ccc32)cc(OC)c1C(=O)Nc1ccon1. The van der Waals surface area contributed by atoms with Gasteiger partial charge in [0.05, 0.1) is 37.1 Å². The minimum absolute atomic E-state index is 0.245. The number of methoxy groups -OCH3 is 2. The Kier molecular flexibility index (Phi) is 5.02. The van der Waals surface area contributed by atoms with Gasteiger partial charge in [-0.1, -0.05) is 11.2 Å². The lowest BCUT2D eigenvalue weighted by molar-refractivity contribution is 0.102. The van der Waals surface area contributed by atoms with Gasteiger partial charge in [-0.15, -0.1) is 0 Å². The number of benzene rings is 2. The Bertz CT molecular complexity index is 1430. The fourth-order valence-corrected chi connectivity index (χ4v) is 3.69. The maximum absolute atomic E-state index is 12.9. The van der Waals surface area contributed by atoms with E-state index in [1.807, 2.05) is 42.2 Å². The Hall–Kier alpha value is -4.60. The van der Waals surface area contributed by atoms with Gasteiger partial charge in [-0.05, 0) is 17.7 Å². The van der Waals surface area contributed by atoms with Crippen LogP contribution in [0.4, 0.5) is 5.82 Å². The van der Waals surface area contributed by atoms with E-state index in [-0.39, 0.29) is 5.56 Å². The summed E-state index contributed by atoms with van der Waals surface area (Å²) in [6.07, 6.45) is 6.87. The van der Waals surface area contributed by atoms with Crippen molar-refractivity contribution in [1.29, 1.82) is 0 Å². The number of imidazole rings is 1. The number of nitrogens with zero attached hydrogens (tertiary/aromatic N) is 5. The standard InChI is InChI=1S/C23H20N6O4/c1-28-12-15(11-25-28)14-4-5-18-17(8-14)24-13-29(18)16-9-19(31-2)22(20(10-16)32-3)23(30)26-21-6-7-33-27-21/h4-13H,1-3H3,(H,26,27,30). The van der Waals surface area contributed by atoms with Crippen LogP contribution in [-0.2, 0) is 7.05 Å². The maximum atomic E-state index is 12.9. The summed E-state index contributed by atoms with van der Waals surface area (Å²) in [5.41, 5.74) is 4.73. The van der Waals surface area contributed by atoms with Crippen LogP contribution in [0.3, 0.4) is 0 Å². The second-order valence-corrected chi connectivity index (χ2v) is 7.28. The molecule has 10 heteroatoms. The first kappa shape index (κ1) is 20.3. The lowest BCUT2D eigenvalue weighted by Crippen LogP contribution is -2.15. The molecule has 0 atom stereocenters. The monoisotopic (exact) mass is 444 g/mol. The Balaban J connectivity index is 1.55. The van der Waals surface area contributed by atoms with Gasteiger partial charge in [-0.25, -0.2) is 4.98 Å². The zero-order valence-electron chi connectivity index (χ0n) is 18.1. The van der Waals surface area contributed by atoms with Crippen molar-refractivity contribution < 1.29 is 18.8 Å². The van der Waals surface area contributed by atoms with Crippen molar-refractivity contribution in [1.82, 2.24) is 24.5 Å². The molecule has 0 unspecified atom stereocenters. The van der Waals surface area contributed by atoms with E-state index in [1.54, 1.807) is 29.2 Å². The Morgan fingerprint density at radius 3 is 2.48 bits per heavy atom. The highest BCUT2D eigenvalue weighted by atomic mass is 16.5. The molecule has 1 amide bonds. The van der Waals surface area contributed by atoms with E-state index >= 15 is 0 Å². The van der Waals surface area contributed by atoms with E-state index in [0.717, 1.165) is 27.8 Å². The molecule has 0 saturated heterocycles. The zero-order valence-corrected chi connectivity index (χ0v) is 18.1. The van der Waals surface area contributed by atoms with Gasteiger partial charge in [-0.3, -0.25) is 14.0 Å². The molecule has 0 radical (unpaired) electrons. The smallest absolute Gasteiger partial charge is 0.264 e. The van der Waals surface area contributed by atoms with Gasteiger partial charge in [0.25, 0.3) is 5.91 Å². The zero-order chi connectivity index (χ0) is 22.9. The molecule has 0 spiro atoms. The van der Waals surface area contributed by atoms with Gasteiger partial charge in [-0.2, -0.15) is 5.10 Å². The first-order chi connectivity index (χ1) is 16.1. The molecule has 5 rings (SSSR count). The van der Waals surface area contributed by atoms with Crippen LogP contribution in [0.5, 0.6) is 11.5 Å². The number of ether oxygens (including phenoxy) is 2. The van der Waals surface area contributed by atoms with Gasteiger partial charge in [0.1, 0.15) is 29.7 Å². The lowest BCUT2D eigenvalue weighted by Gasteiger charge is -2.15. The highest BCUT2D eigenvalue weighted by Crippen LogP contribution is 2.34. The number of carbonyl (C=O) groups is 1. The number of aromatic nitrogens is 5. The number of carbonyl (C=O) groups excluding carboxylic acids is 1. The Morgan fingerprint density at radius 2 is 1.85 bits per heavy atom. The van der Waals surface area contributed by atoms with Crippen LogP contribution in [-0.4, -0.2) is 44.6 Å². The highest BCUT2D eigenvalue weighted by Gasteiger charge is 2.22. The van der Waals surface area contributed by atoms with Gasteiger partial charge in [0, 0.05) is 37.0 Å². The maximum Gasteiger partial charge on any atom is 0.264 e. The largest absolute Gasteiger partial charge is 0.496 e. The molecule has 0 aliphatic rings. The molecule has 1 N–H and O–H groups in total. The number of rotatable bonds is 6. The average molecular weight is 444 g/mol. The molecule has 0 aliphatic carbocycles. The van der Waals surface area contributed by atoms with Crippen molar-refractivity contribution in [3.63, 3.8) is 0 Å². The molecule has 166 valence electrons. The fourth-order valence-electron chi connectivity index (χ4n) is 3.69. The number of aryl methyl sites for hydroxylation is 1. The van der Waals surface area contributed by atoms with Crippen LogP contribution in [0, 0.1) is 0 Å². The molecule has 0 bridgehead atoms. The second-order valence-electron chi connectivity index (χ2n) is 7.28. The van der Waals surface area contributed by atoms with E-state index in [4.69, 9.17) is 14.0 Å². The number of fused-ring (bicyclic) bond motifs is 1.